The monoisotopic (exact) mass is 1650 g/mol. The first-order valence-corrected chi connectivity index (χ1v) is 42.5. The summed E-state index contributed by atoms with van der Waals surface area (Å²) >= 11 is 0. The second-order valence-corrected chi connectivity index (χ2v) is 33.1. The molecule has 624 valence electrons. The standard InChI is InChI=1S/C26H30N.C25H28N.C24H28N.C22H24N.C21H22N/c1-19-9-7-8-12-24(19)23-14-13-20(2)25(17-23)26-18-22(15-16-27(26)3)21-10-5-4-6-11-21;1-18-8-4-7-11-23(18)22-13-12-19(2)24(16-22)25-17-21(14-15-26(25)3)20-9-5-6-10-20;1-16(2)22-14-24(25(6)15-19(22)5)23-13-20(12-11-18(23)4)21-10-8-7-9-17(21)3;1-15-8-6-7-9-20(15)19-11-10-16(2)21(13-19)22-12-17(3)18(4)14-23(22)5;1-15-9-12-21(22(4)14-15)20-13-18(11-10-17(20)3)19-8-6-5-7-16(19)2/h7-9,12-18,21H,4-6,10-11H2,1-3H3;4,7-8,11-17,20H,5-6,9-10H2,1-3H3;7-16H,1-6H3;6-14H,1-5H3;5-14H,1-4H3/q5*+1/i1D3,21D;1D3,20D;3D3,5D3,16D;1D3,4D3;1D3,2D3. The van der Waals surface area contributed by atoms with Crippen molar-refractivity contribution in [1.82, 2.24) is 0 Å². The van der Waals surface area contributed by atoms with E-state index in [1.807, 2.05) is 187 Å². The van der Waals surface area contributed by atoms with Gasteiger partial charge in [-0.15, -0.1) is 0 Å². The zero-order valence-corrected chi connectivity index (χ0v) is 73.3. The topological polar surface area (TPSA) is 19.4 Å². The number of aromatic nitrogens is 5. The Morgan fingerprint density at radius 1 is 0.260 bits per heavy atom. The van der Waals surface area contributed by atoms with Gasteiger partial charge >= 0.3 is 0 Å². The molecule has 0 N–H and O–H groups in total. The van der Waals surface area contributed by atoms with Gasteiger partial charge in [-0.25, -0.2) is 22.8 Å². The minimum absolute atomic E-state index is 0.158. The Labute approximate surface area is 775 Å². The van der Waals surface area contributed by atoms with Crippen LogP contribution < -0.4 is 22.8 Å². The van der Waals surface area contributed by atoms with Crippen LogP contribution in [0.25, 0.3) is 112 Å². The van der Waals surface area contributed by atoms with Gasteiger partial charge in [-0.1, -0.05) is 228 Å². The van der Waals surface area contributed by atoms with E-state index < -0.39 is 72.5 Å². The number of hydrogen-bond acceptors (Lipinski definition) is 0. The van der Waals surface area contributed by atoms with Crippen LogP contribution in [0.3, 0.4) is 0 Å². The maximum atomic E-state index is 9.05. The molecule has 0 aliphatic heterocycles. The van der Waals surface area contributed by atoms with E-state index in [0.717, 1.165) is 186 Å². The van der Waals surface area contributed by atoms with Gasteiger partial charge in [0, 0.05) is 124 Å². The van der Waals surface area contributed by atoms with Crippen molar-refractivity contribution in [3.8, 4) is 112 Å². The van der Waals surface area contributed by atoms with E-state index in [9.17, 15) is 0 Å². The van der Waals surface area contributed by atoms with E-state index in [2.05, 4.69) is 77.7 Å². The molecule has 0 amide bonds. The molecule has 0 bridgehead atoms. The number of nitrogens with zero attached hydrogens (tertiary/aromatic N) is 5. The smallest absolute Gasteiger partial charge is 0.201 e. The Bertz CT molecular complexity index is 7440. The van der Waals surface area contributed by atoms with Crippen LogP contribution in [0.15, 0.2) is 292 Å². The minimum atomic E-state index is -2.33. The van der Waals surface area contributed by atoms with Gasteiger partial charge in [0.25, 0.3) is 0 Å². The molecule has 5 nitrogen and oxygen atoms in total. The van der Waals surface area contributed by atoms with Crippen molar-refractivity contribution >= 4 is 0 Å². The zero-order chi connectivity index (χ0) is 110. The molecule has 0 unspecified atom stereocenters. The average molecular weight is 1650 g/mol. The largest absolute Gasteiger partial charge is 0.212 e. The van der Waals surface area contributed by atoms with Crippen LogP contribution in [0, 0.1) is 96.4 Å². The number of aryl methyl sites for hydroxylation is 19. The SMILES string of the molecule is [2H]C([2H])([2H])c1c[n+](C)c(-c2cc(-c3ccccc3C([2H])([2H])[2H])ccc2C)cc1C.[2H]C([2H])([2H])c1ccc(-c2cc(-c3ccccc3C([2H])([2H])[2H])ccc2C)[n+](C)c1.[2H]C([2H])([2H])c1ccccc1-c1ccc(C)c(-c2cc(C([2H])(C)C)c(C([2H])([2H])[2H])c[n+]2C)c1.[2H]C([2H])([2H])c1ccccc1-c1ccc(C)c(-c2cc(C3([2H])CCCC3)cc[n+]2C)c1.[2H]C([2H])([2H])c1ccccc1-c1ccc(C)c(-c2cc(C3([2H])CCCCC3)cc[n+]2C)c1. The summed E-state index contributed by atoms with van der Waals surface area (Å²) in [4.78, 5) is 0. The summed E-state index contributed by atoms with van der Waals surface area (Å²) in [5, 5.41) is 0. The first kappa shape index (κ1) is 59.7. The van der Waals surface area contributed by atoms with Gasteiger partial charge in [-0.05, 0) is 310 Å². The summed E-state index contributed by atoms with van der Waals surface area (Å²) in [5.41, 5.74) is 28.1. The van der Waals surface area contributed by atoms with Gasteiger partial charge in [-0.2, -0.15) is 0 Å². The van der Waals surface area contributed by atoms with Gasteiger partial charge < -0.3 is 0 Å². The van der Waals surface area contributed by atoms with Crippen molar-refractivity contribution in [2.24, 2.45) is 35.2 Å². The second-order valence-electron chi connectivity index (χ2n) is 33.1. The van der Waals surface area contributed by atoms with Gasteiger partial charge in [0.2, 0.25) is 28.5 Å². The Balaban J connectivity index is 0.000000156. The van der Waals surface area contributed by atoms with E-state index in [1.165, 1.54) is 6.42 Å². The van der Waals surface area contributed by atoms with E-state index in [4.69, 9.17) is 37.0 Å². The lowest BCUT2D eigenvalue weighted by atomic mass is 9.84. The normalized spacial score (nSPS) is 17.3. The molecule has 0 atom stereocenters. The number of pyridine rings is 5. The van der Waals surface area contributed by atoms with Crippen LogP contribution in [0.4, 0.5) is 0 Å². The van der Waals surface area contributed by atoms with E-state index in [1.54, 1.807) is 140 Å². The summed E-state index contributed by atoms with van der Waals surface area (Å²) in [6.07, 6.45) is 18.2. The predicted molar refractivity (Wildman–Crippen MR) is 520 cm³/mol. The molecular formula is C118H132N5+5. The second kappa shape index (κ2) is 40.3. The van der Waals surface area contributed by atoms with Crippen molar-refractivity contribution in [2.45, 2.75) is 186 Å². The molecule has 5 heterocycles. The van der Waals surface area contributed by atoms with Gasteiger partial charge in [-0.3, -0.25) is 0 Å². The van der Waals surface area contributed by atoms with Gasteiger partial charge in [0.15, 0.2) is 31.0 Å². The molecule has 5 heteroatoms. The predicted octanol–water partition coefficient (Wildman–Crippen LogP) is 28.4. The number of rotatable bonds is 13. The summed E-state index contributed by atoms with van der Waals surface area (Å²) in [7, 11) is 9.47. The lowest BCUT2D eigenvalue weighted by molar-refractivity contribution is -0.660. The van der Waals surface area contributed by atoms with Crippen molar-refractivity contribution < 1.29 is 59.8 Å². The fourth-order valence-electron chi connectivity index (χ4n) is 16.7. The zero-order valence-electron chi connectivity index (χ0n) is 100. The first-order chi connectivity index (χ1) is 69.9. The molecule has 123 heavy (non-hydrogen) atoms. The molecule has 0 radical (unpaired) electrons. The molecule has 2 aliphatic rings. The van der Waals surface area contributed by atoms with Crippen LogP contribution in [0.1, 0.15) is 221 Å². The summed E-state index contributed by atoms with van der Waals surface area (Å²) in [5.74, 6) is -2.12. The van der Waals surface area contributed by atoms with Crippen molar-refractivity contribution in [3.05, 3.63) is 386 Å². The third kappa shape index (κ3) is 21.2. The number of hydrogen-bond donors (Lipinski definition) is 0. The van der Waals surface area contributed by atoms with Crippen LogP contribution in [0.2, 0.25) is 0 Å². The molecule has 5 aromatic heterocycles. The van der Waals surface area contributed by atoms with Crippen LogP contribution >= 0.6 is 0 Å². The molecule has 15 aromatic rings. The highest BCUT2D eigenvalue weighted by molar-refractivity contribution is 5.80. The van der Waals surface area contributed by atoms with E-state index in [-0.39, 0.29) is 16.7 Å². The van der Waals surface area contributed by atoms with E-state index in [0.29, 0.717) is 55.6 Å². The summed E-state index contributed by atoms with van der Waals surface area (Å²) in [6, 6.07) is 80.7. The molecule has 0 saturated heterocycles. The Morgan fingerprint density at radius 2 is 0.561 bits per heavy atom. The molecule has 10 aromatic carbocycles. The Hall–Kier alpha value is -12.1. The van der Waals surface area contributed by atoms with Gasteiger partial charge in [0.1, 0.15) is 35.2 Å². The molecule has 2 aliphatic carbocycles. The first-order valence-electron chi connectivity index (χ1n) is 56.0. The molecule has 2 saturated carbocycles. The highest BCUT2D eigenvalue weighted by Crippen LogP contribution is 2.40. The summed E-state index contributed by atoms with van der Waals surface area (Å²) < 4.78 is 224. The maximum absolute atomic E-state index is 9.05. The highest BCUT2D eigenvalue weighted by atomic mass is 14.9. The molecule has 17 rings (SSSR count). The molecule has 0 spiro atoms. The fraction of sp³-hybridized carbons (Fsp3) is 0.280. The Kier molecular flexibility index (Phi) is 19.5. The Morgan fingerprint density at radius 3 is 0.886 bits per heavy atom. The van der Waals surface area contributed by atoms with Crippen LogP contribution in [-0.2, 0) is 35.2 Å². The van der Waals surface area contributed by atoms with Crippen molar-refractivity contribution in [1.29, 1.82) is 0 Å². The average Bonchev–Trinajstić information content (AvgIpc) is 0.921. The van der Waals surface area contributed by atoms with Crippen LogP contribution in [-0.4, -0.2) is 0 Å². The van der Waals surface area contributed by atoms with Crippen molar-refractivity contribution in [2.75, 3.05) is 0 Å². The minimum Gasteiger partial charge on any atom is -0.201 e. The lowest BCUT2D eigenvalue weighted by Crippen LogP contribution is -2.32. The van der Waals surface area contributed by atoms with Gasteiger partial charge in [0.05, 0.1) is 0 Å². The van der Waals surface area contributed by atoms with Crippen molar-refractivity contribution in [3.63, 3.8) is 0 Å². The third-order valence-electron chi connectivity index (χ3n) is 24.0. The van der Waals surface area contributed by atoms with Crippen LogP contribution in [0.5, 0.6) is 0 Å². The molecular weight excluding hydrogens is 1490 g/mol. The highest BCUT2D eigenvalue weighted by Gasteiger charge is 2.26. The fourth-order valence-corrected chi connectivity index (χ4v) is 16.7. The maximum Gasteiger partial charge on any atom is 0.212 e. The third-order valence-corrected chi connectivity index (χ3v) is 24.0. The number of benzene rings is 10. The quantitative estimate of drug-likeness (QED) is 0.103. The summed E-state index contributed by atoms with van der Waals surface area (Å²) in [6.45, 7) is -2.40. The molecule has 2 fully saturated rings. The lowest BCUT2D eigenvalue weighted by Gasteiger charge is -2.22. The van der Waals surface area contributed by atoms with E-state index >= 15 is 0 Å².